The Bertz CT molecular complexity index is 842. The Hall–Kier alpha value is -1.25. The molecule has 1 aliphatic heterocycles. The highest BCUT2D eigenvalue weighted by Gasteiger charge is 2.33. The standard InChI is InChI=1S/C13H9F3O3S2/c14-13(15,16)10-2-7-1-8-5-20-6-9(8)3-11(7)12(4-10)21(17,18)19/h1-4H,5-6H2,(H,17,18,19). The third-order valence-electron chi connectivity index (χ3n) is 3.36. The highest BCUT2D eigenvalue weighted by molar-refractivity contribution is 7.98. The summed E-state index contributed by atoms with van der Waals surface area (Å²) in [4.78, 5) is -0.702. The third-order valence-corrected chi connectivity index (χ3v) is 5.28. The van der Waals surface area contributed by atoms with Gasteiger partial charge in [0.2, 0.25) is 0 Å². The van der Waals surface area contributed by atoms with Crippen LogP contribution in [0.5, 0.6) is 0 Å². The molecular weight excluding hydrogens is 325 g/mol. The maximum absolute atomic E-state index is 12.9. The quantitative estimate of drug-likeness (QED) is 0.805. The van der Waals surface area contributed by atoms with Crippen LogP contribution in [0, 0.1) is 0 Å². The lowest BCUT2D eigenvalue weighted by atomic mass is 10.0. The molecule has 3 nitrogen and oxygen atoms in total. The number of rotatable bonds is 1. The maximum Gasteiger partial charge on any atom is 0.416 e. The van der Waals surface area contributed by atoms with Crippen molar-refractivity contribution in [1.82, 2.24) is 0 Å². The molecule has 3 rings (SSSR count). The average Bonchev–Trinajstić information content (AvgIpc) is 2.79. The Labute approximate surface area is 122 Å². The molecule has 2 aromatic carbocycles. The Morgan fingerprint density at radius 1 is 1.05 bits per heavy atom. The lowest BCUT2D eigenvalue weighted by molar-refractivity contribution is -0.137. The van der Waals surface area contributed by atoms with E-state index in [0.717, 1.165) is 17.2 Å². The smallest absolute Gasteiger partial charge is 0.282 e. The van der Waals surface area contributed by atoms with Crippen molar-refractivity contribution in [2.45, 2.75) is 22.6 Å². The van der Waals surface area contributed by atoms with Crippen molar-refractivity contribution in [3.63, 3.8) is 0 Å². The number of fused-ring (bicyclic) bond motifs is 2. The monoisotopic (exact) mass is 334 g/mol. The lowest BCUT2D eigenvalue weighted by Crippen LogP contribution is -2.08. The summed E-state index contributed by atoms with van der Waals surface area (Å²) < 4.78 is 70.7. The minimum absolute atomic E-state index is 0.117. The molecule has 0 saturated carbocycles. The minimum Gasteiger partial charge on any atom is -0.282 e. The van der Waals surface area contributed by atoms with Crippen LogP contribution in [0.25, 0.3) is 10.8 Å². The van der Waals surface area contributed by atoms with Gasteiger partial charge in [-0.15, -0.1) is 0 Å². The van der Waals surface area contributed by atoms with Crippen molar-refractivity contribution in [2.75, 3.05) is 0 Å². The van der Waals surface area contributed by atoms with Crippen LogP contribution in [-0.4, -0.2) is 13.0 Å². The van der Waals surface area contributed by atoms with Crippen LogP contribution < -0.4 is 0 Å². The highest BCUT2D eigenvalue weighted by atomic mass is 32.2. The molecule has 0 radical (unpaired) electrons. The molecular formula is C13H9F3O3S2. The number of hydrogen-bond acceptors (Lipinski definition) is 3. The van der Waals surface area contributed by atoms with Crippen molar-refractivity contribution in [2.24, 2.45) is 0 Å². The molecule has 1 heterocycles. The molecule has 8 heteroatoms. The first-order chi connectivity index (χ1) is 9.66. The molecule has 112 valence electrons. The lowest BCUT2D eigenvalue weighted by Gasteiger charge is -2.12. The van der Waals surface area contributed by atoms with Crippen LogP contribution >= 0.6 is 11.8 Å². The largest absolute Gasteiger partial charge is 0.416 e. The van der Waals surface area contributed by atoms with Crippen molar-refractivity contribution >= 4 is 32.7 Å². The van der Waals surface area contributed by atoms with Gasteiger partial charge in [-0.25, -0.2) is 0 Å². The number of hydrogen-bond donors (Lipinski definition) is 1. The number of halogens is 3. The predicted molar refractivity (Wildman–Crippen MR) is 73.8 cm³/mol. The van der Waals surface area contributed by atoms with E-state index in [0.29, 0.717) is 17.6 Å². The van der Waals surface area contributed by atoms with Gasteiger partial charge in [0.05, 0.1) is 5.56 Å². The highest BCUT2D eigenvalue weighted by Crippen LogP contribution is 2.38. The van der Waals surface area contributed by atoms with E-state index in [1.807, 2.05) is 0 Å². The van der Waals surface area contributed by atoms with Gasteiger partial charge in [-0.3, -0.25) is 4.55 Å². The Balaban J connectivity index is 2.41. The van der Waals surface area contributed by atoms with Gasteiger partial charge in [-0.1, -0.05) is 0 Å². The molecule has 1 aliphatic rings. The summed E-state index contributed by atoms with van der Waals surface area (Å²) in [6.07, 6.45) is -4.68. The molecule has 0 aromatic heterocycles. The van der Waals surface area contributed by atoms with E-state index >= 15 is 0 Å². The van der Waals surface area contributed by atoms with Crippen molar-refractivity contribution < 1.29 is 26.1 Å². The van der Waals surface area contributed by atoms with Crippen LogP contribution in [0.1, 0.15) is 16.7 Å². The summed E-state index contributed by atoms with van der Waals surface area (Å²) in [5.74, 6) is 1.36. The van der Waals surface area contributed by atoms with Crippen LogP contribution in [0.15, 0.2) is 29.2 Å². The van der Waals surface area contributed by atoms with Crippen molar-refractivity contribution in [3.8, 4) is 0 Å². The molecule has 0 unspecified atom stereocenters. The van der Waals surface area contributed by atoms with Crippen LogP contribution in [0.2, 0.25) is 0 Å². The zero-order valence-corrected chi connectivity index (χ0v) is 12.1. The van der Waals surface area contributed by atoms with Crippen LogP contribution in [-0.2, 0) is 27.8 Å². The first kappa shape index (κ1) is 14.7. The SMILES string of the molecule is O=S(=O)(O)c1cc(C(F)(F)F)cc2cc3c(cc12)CSC3. The van der Waals surface area contributed by atoms with E-state index < -0.39 is 26.8 Å². The second kappa shape index (κ2) is 4.62. The summed E-state index contributed by atoms with van der Waals surface area (Å²) in [6, 6.07) is 4.50. The topological polar surface area (TPSA) is 54.4 Å². The number of benzene rings is 2. The molecule has 0 fully saturated rings. The van der Waals surface area contributed by atoms with Gasteiger partial charge < -0.3 is 0 Å². The van der Waals surface area contributed by atoms with Gasteiger partial charge >= 0.3 is 6.18 Å². The first-order valence-electron chi connectivity index (χ1n) is 5.88. The Kier molecular flexibility index (Phi) is 3.23. The summed E-state index contributed by atoms with van der Waals surface area (Å²) in [5, 5.41) is 0.283. The normalized spacial score (nSPS) is 15.4. The minimum atomic E-state index is -4.74. The Morgan fingerprint density at radius 3 is 2.24 bits per heavy atom. The third kappa shape index (κ3) is 2.63. The fourth-order valence-electron chi connectivity index (χ4n) is 2.39. The van der Waals surface area contributed by atoms with Crippen molar-refractivity contribution in [3.05, 3.63) is 41.0 Å². The van der Waals surface area contributed by atoms with Gasteiger partial charge in [0, 0.05) is 16.9 Å². The Morgan fingerprint density at radius 2 is 1.67 bits per heavy atom. The maximum atomic E-state index is 12.9. The average molecular weight is 334 g/mol. The molecule has 2 aromatic rings. The van der Waals surface area contributed by atoms with E-state index in [2.05, 4.69) is 0 Å². The molecule has 0 saturated heterocycles. The van der Waals surface area contributed by atoms with Crippen LogP contribution in [0.3, 0.4) is 0 Å². The molecule has 0 bridgehead atoms. The van der Waals surface area contributed by atoms with Gasteiger partial charge in [-0.2, -0.15) is 33.4 Å². The van der Waals surface area contributed by atoms with Crippen LogP contribution in [0.4, 0.5) is 13.2 Å². The van der Waals surface area contributed by atoms with E-state index in [4.69, 9.17) is 0 Å². The van der Waals surface area contributed by atoms with Gasteiger partial charge in [0.25, 0.3) is 10.1 Å². The van der Waals surface area contributed by atoms with E-state index in [1.165, 1.54) is 0 Å². The number of alkyl halides is 3. The second-order valence-electron chi connectivity index (χ2n) is 4.78. The molecule has 0 amide bonds. The van der Waals surface area contributed by atoms with E-state index in [-0.39, 0.29) is 10.8 Å². The molecule has 0 spiro atoms. The summed E-state index contributed by atoms with van der Waals surface area (Å²) in [5.41, 5.74) is 0.693. The fraction of sp³-hybridized carbons (Fsp3) is 0.231. The predicted octanol–water partition coefficient (Wildman–Crippen LogP) is 3.85. The zero-order chi connectivity index (χ0) is 15.4. The molecule has 0 aliphatic carbocycles. The van der Waals surface area contributed by atoms with E-state index in [9.17, 15) is 26.1 Å². The summed E-state index contributed by atoms with van der Waals surface area (Å²) in [7, 11) is -4.74. The van der Waals surface area contributed by atoms with Crippen molar-refractivity contribution in [1.29, 1.82) is 0 Å². The second-order valence-corrected chi connectivity index (χ2v) is 7.16. The molecule has 21 heavy (non-hydrogen) atoms. The zero-order valence-electron chi connectivity index (χ0n) is 10.4. The van der Waals surface area contributed by atoms with Gasteiger partial charge in [0.15, 0.2) is 0 Å². The number of thioether (sulfide) groups is 1. The van der Waals surface area contributed by atoms with Gasteiger partial charge in [-0.05, 0) is 40.8 Å². The fourth-order valence-corrected chi connectivity index (χ4v) is 4.20. The van der Waals surface area contributed by atoms with E-state index in [1.54, 1.807) is 23.9 Å². The first-order valence-corrected chi connectivity index (χ1v) is 8.48. The molecule has 0 atom stereocenters. The van der Waals surface area contributed by atoms with Gasteiger partial charge in [0.1, 0.15) is 4.90 Å². The summed E-state index contributed by atoms with van der Waals surface area (Å²) in [6.45, 7) is 0. The molecule has 1 N–H and O–H groups in total. The summed E-state index contributed by atoms with van der Waals surface area (Å²) >= 11 is 1.60.